The summed E-state index contributed by atoms with van der Waals surface area (Å²) in [4.78, 5) is 4.26. The molecule has 0 aliphatic carbocycles. The van der Waals surface area contributed by atoms with Crippen LogP contribution in [-0.4, -0.2) is 21.3 Å². The maximum absolute atomic E-state index is 13.4. The van der Waals surface area contributed by atoms with Crippen LogP contribution in [0.3, 0.4) is 0 Å². The third-order valence-corrected chi connectivity index (χ3v) is 3.22. The lowest BCUT2D eigenvalue weighted by Crippen LogP contribution is -2.04. The van der Waals surface area contributed by atoms with Crippen molar-refractivity contribution in [3.8, 4) is 11.4 Å². The molecule has 0 bridgehead atoms. The molecule has 3 rings (SSSR count). The minimum Gasteiger partial charge on any atom is -0.395 e. The van der Waals surface area contributed by atoms with E-state index in [-0.39, 0.29) is 24.5 Å². The van der Waals surface area contributed by atoms with Crippen LogP contribution in [0.25, 0.3) is 22.4 Å². The van der Waals surface area contributed by atoms with E-state index in [9.17, 15) is 13.2 Å². The fourth-order valence-electron chi connectivity index (χ4n) is 2.27. The maximum atomic E-state index is 13.4. The first-order valence-electron chi connectivity index (χ1n) is 6.32. The molecule has 0 aliphatic rings. The first-order chi connectivity index (χ1) is 10.1. The molecular formula is C15H11F3N2O. The van der Waals surface area contributed by atoms with Gasteiger partial charge in [0, 0.05) is 24.2 Å². The van der Waals surface area contributed by atoms with Crippen LogP contribution in [0.1, 0.15) is 0 Å². The summed E-state index contributed by atoms with van der Waals surface area (Å²) in [6.45, 7) is -0.00701. The fourth-order valence-corrected chi connectivity index (χ4v) is 2.27. The molecule has 0 atom stereocenters. The number of aromatic nitrogens is 2. The standard InChI is InChI=1S/C15H11F3N2O/c16-10-3-1-9(2-4-10)15-19-13-7-11(17)12(18)8-14(13)20(15)5-6-21/h1-4,7-8,21H,5-6H2. The zero-order valence-electron chi connectivity index (χ0n) is 10.9. The van der Waals surface area contributed by atoms with Gasteiger partial charge in [0.15, 0.2) is 11.6 Å². The highest BCUT2D eigenvalue weighted by Crippen LogP contribution is 2.26. The highest BCUT2D eigenvalue weighted by molar-refractivity contribution is 5.80. The van der Waals surface area contributed by atoms with Gasteiger partial charge in [-0.15, -0.1) is 0 Å². The molecule has 21 heavy (non-hydrogen) atoms. The molecule has 2 aromatic carbocycles. The molecule has 1 N–H and O–H groups in total. The predicted octanol–water partition coefficient (Wildman–Crippen LogP) is 3.11. The molecule has 6 heteroatoms. The number of aliphatic hydroxyl groups excluding tert-OH is 1. The summed E-state index contributed by atoms with van der Waals surface area (Å²) in [7, 11) is 0. The SMILES string of the molecule is OCCn1c(-c2ccc(F)cc2)nc2cc(F)c(F)cc21. The minimum atomic E-state index is -0.984. The number of halogens is 3. The van der Waals surface area contributed by atoms with Crippen molar-refractivity contribution in [2.45, 2.75) is 6.54 Å². The molecule has 0 aliphatic heterocycles. The Morgan fingerprint density at radius 1 is 1.00 bits per heavy atom. The first kappa shape index (κ1) is 13.6. The Balaban J connectivity index is 2.25. The number of fused-ring (bicyclic) bond motifs is 1. The van der Waals surface area contributed by atoms with Crippen LogP contribution in [0.4, 0.5) is 13.2 Å². The number of aliphatic hydroxyl groups is 1. The Bertz CT molecular complexity index is 797. The smallest absolute Gasteiger partial charge is 0.161 e. The number of hydrogen-bond acceptors (Lipinski definition) is 2. The monoisotopic (exact) mass is 292 g/mol. The Morgan fingerprint density at radius 2 is 1.67 bits per heavy atom. The summed E-state index contributed by atoms with van der Waals surface area (Å²) < 4.78 is 41.3. The second-order valence-electron chi connectivity index (χ2n) is 4.57. The van der Waals surface area contributed by atoms with Crippen molar-refractivity contribution in [2.75, 3.05) is 6.61 Å². The summed E-state index contributed by atoms with van der Waals surface area (Å²) in [5.74, 6) is -1.93. The van der Waals surface area contributed by atoms with Gasteiger partial charge in [-0.2, -0.15) is 0 Å². The van der Waals surface area contributed by atoms with E-state index < -0.39 is 11.6 Å². The Labute approximate surface area is 118 Å². The number of imidazole rings is 1. The molecule has 0 saturated heterocycles. The number of hydrogen-bond donors (Lipinski definition) is 1. The molecule has 3 aromatic rings. The molecule has 0 spiro atoms. The molecule has 108 valence electrons. The van der Waals surface area contributed by atoms with Gasteiger partial charge < -0.3 is 9.67 Å². The Morgan fingerprint density at radius 3 is 2.33 bits per heavy atom. The zero-order valence-corrected chi connectivity index (χ0v) is 10.9. The van der Waals surface area contributed by atoms with Gasteiger partial charge in [0.05, 0.1) is 17.6 Å². The second-order valence-corrected chi connectivity index (χ2v) is 4.57. The lowest BCUT2D eigenvalue weighted by molar-refractivity contribution is 0.278. The van der Waals surface area contributed by atoms with Crippen molar-refractivity contribution in [1.82, 2.24) is 9.55 Å². The molecule has 0 fully saturated rings. The van der Waals surface area contributed by atoms with Crippen LogP contribution in [0, 0.1) is 17.5 Å². The van der Waals surface area contributed by atoms with E-state index in [2.05, 4.69) is 4.98 Å². The third-order valence-electron chi connectivity index (χ3n) is 3.22. The molecular weight excluding hydrogens is 281 g/mol. The summed E-state index contributed by atoms with van der Waals surface area (Å²) in [5.41, 5.74) is 1.26. The minimum absolute atomic E-state index is 0.175. The lowest BCUT2D eigenvalue weighted by Gasteiger charge is -2.07. The third kappa shape index (κ3) is 2.38. The van der Waals surface area contributed by atoms with E-state index in [0.29, 0.717) is 16.9 Å². The fraction of sp³-hybridized carbons (Fsp3) is 0.133. The summed E-state index contributed by atoms with van der Waals surface area (Å²) in [6, 6.07) is 7.65. The van der Waals surface area contributed by atoms with Crippen molar-refractivity contribution in [1.29, 1.82) is 0 Å². The van der Waals surface area contributed by atoms with Gasteiger partial charge in [0.1, 0.15) is 11.6 Å². The van der Waals surface area contributed by atoms with Crippen molar-refractivity contribution >= 4 is 11.0 Å². The van der Waals surface area contributed by atoms with Crippen LogP contribution < -0.4 is 0 Å². The quantitative estimate of drug-likeness (QED) is 0.805. The summed E-state index contributed by atoms with van der Waals surface area (Å²) in [5, 5.41) is 9.16. The van der Waals surface area contributed by atoms with Gasteiger partial charge >= 0.3 is 0 Å². The van der Waals surface area contributed by atoms with E-state index >= 15 is 0 Å². The lowest BCUT2D eigenvalue weighted by atomic mass is 10.2. The molecule has 0 radical (unpaired) electrons. The molecule has 3 nitrogen and oxygen atoms in total. The maximum Gasteiger partial charge on any atom is 0.161 e. The van der Waals surface area contributed by atoms with Gasteiger partial charge in [-0.05, 0) is 24.3 Å². The van der Waals surface area contributed by atoms with Crippen LogP contribution in [0.2, 0.25) is 0 Å². The molecule has 1 aromatic heterocycles. The first-order valence-corrected chi connectivity index (χ1v) is 6.32. The van der Waals surface area contributed by atoms with Gasteiger partial charge in [-0.25, -0.2) is 18.2 Å². The van der Waals surface area contributed by atoms with Crippen LogP contribution in [0.5, 0.6) is 0 Å². The van der Waals surface area contributed by atoms with E-state index in [4.69, 9.17) is 5.11 Å². The zero-order chi connectivity index (χ0) is 15.0. The number of nitrogens with zero attached hydrogens (tertiary/aromatic N) is 2. The van der Waals surface area contributed by atoms with Crippen LogP contribution in [-0.2, 0) is 6.54 Å². The van der Waals surface area contributed by atoms with Gasteiger partial charge in [-0.3, -0.25) is 0 Å². The van der Waals surface area contributed by atoms with Crippen LogP contribution in [0.15, 0.2) is 36.4 Å². The number of benzene rings is 2. The highest BCUT2D eigenvalue weighted by Gasteiger charge is 2.15. The number of rotatable bonds is 3. The molecule has 0 saturated carbocycles. The molecule has 0 unspecified atom stereocenters. The molecule has 0 amide bonds. The highest BCUT2D eigenvalue weighted by atomic mass is 19.2. The normalized spacial score (nSPS) is 11.2. The summed E-state index contributed by atoms with van der Waals surface area (Å²) in [6.07, 6.45) is 0. The van der Waals surface area contributed by atoms with Gasteiger partial charge in [0.25, 0.3) is 0 Å². The van der Waals surface area contributed by atoms with E-state index in [1.807, 2.05) is 0 Å². The van der Waals surface area contributed by atoms with Crippen molar-refractivity contribution in [3.63, 3.8) is 0 Å². The van der Waals surface area contributed by atoms with E-state index in [1.165, 1.54) is 24.3 Å². The molecule has 1 heterocycles. The van der Waals surface area contributed by atoms with Crippen molar-refractivity contribution in [3.05, 3.63) is 53.8 Å². The van der Waals surface area contributed by atoms with Gasteiger partial charge in [0.2, 0.25) is 0 Å². The summed E-state index contributed by atoms with van der Waals surface area (Å²) >= 11 is 0. The topological polar surface area (TPSA) is 38.0 Å². The van der Waals surface area contributed by atoms with Crippen molar-refractivity contribution < 1.29 is 18.3 Å². The Hall–Kier alpha value is -2.34. The van der Waals surface area contributed by atoms with Crippen molar-refractivity contribution in [2.24, 2.45) is 0 Å². The van der Waals surface area contributed by atoms with E-state index in [0.717, 1.165) is 12.1 Å². The van der Waals surface area contributed by atoms with Crippen LogP contribution >= 0.6 is 0 Å². The largest absolute Gasteiger partial charge is 0.395 e. The second kappa shape index (κ2) is 5.21. The van der Waals surface area contributed by atoms with E-state index in [1.54, 1.807) is 4.57 Å². The predicted molar refractivity (Wildman–Crippen MR) is 72.1 cm³/mol. The average Bonchev–Trinajstić information content (AvgIpc) is 2.79. The Kier molecular flexibility index (Phi) is 3.39. The average molecular weight is 292 g/mol. The van der Waals surface area contributed by atoms with Gasteiger partial charge in [-0.1, -0.05) is 0 Å².